The fraction of sp³-hybridized carbons (Fsp3) is 0.571. The lowest BCUT2D eigenvalue weighted by Gasteiger charge is -2.33. The smallest absolute Gasteiger partial charge is 0.209 e. The average Bonchev–Trinajstić information content (AvgIpc) is 3.55. The third-order valence-electron chi connectivity index (χ3n) is 5.19. The molecule has 1 amide bonds. The summed E-state index contributed by atoms with van der Waals surface area (Å²) in [6.45, 7) is 5.61. The van der Waals surface area contributed by atoms with Gasteiger partial charge < -0.3 is 20.2 Å². The Morgan fingerprint density at radius 3 is 2.61 bits per heavy atom. The quantitative estimate of drug-likeness (QED) is 0.731. The predicted octanol–water partition coefficient (Wildman–Crippen LogP) is 2.22. The van der Waals surface area contributed by atoms with Crippen molar-refractivity contribution in [2.24, 2.45) is 5.92 Å². The van der Waals surface area contributed by atoms with Gasteiger partial charge in [0, 0.05) is 38.8 Å². The second kappa shape index (κ2) is 10.2. The average molecular weight is 386 g/mol. The Morgan fingerprint density at radius 2 is 2.00 bits per heavy atom. The highest BCUT2D eigenvalue weighted by Crippen LogP contribution is 2.26. The predicted molar refractivity (Wildman–Crippen MR) is 111 cm³/mol. The number of nitrogens with zero attached hydrogens (tertiary/aromatic N) is 4. The lowest BCUT2D eigenvalue weighted by molar-refractivity contribution is -0.118. The lowest BCUT2D eigenvalue weighted by Crippen LogP contribution is -2.46. The summed E-state index contributed by atoms with van der Waals surface area (Å²) >= 11 is 0. The van der Waals surface area contributed by atoms with Crippen LogP contribution in [0.5, 0.6) is 0 Å². The third kappa shape index (κ3) is 6.34. The molecule has 7 heteroatoms. The van der Waals surface area contributed by atoms with Crippen LogP contribution in [0, 0.1) is 5.92 Å². The van der Waals surface area contributed by atoms with E-state index in [1.54, 1.807) is 4.90 Å². The SMILES string of the molecule is CC1CC1.O=CN1CCN(c2cc(NCC(O)C3=CCCC=C3)ncn2)CC1. The van der Waals surface area contributed by atoms with Gasteiger partial charge in [-0.2, -0.15) is 0 Å². The molecule has 152 valence electrons. The van der Waals surface area contributed by atoms with E-state index in [-0.39, 0.29) is 0 Å². The maximum absolute atomic E-state index is 10.8. The topological polar surface area (TPSA) is 81.6 Å². The number of aliphatic hydroxyl groups is 1. The molecule has 7 nitrogen and oxygen atoms in total. The first-order valence-electron chi connectivity index (χ1n) is 10.2. The number of aromatic nitrogens is 2. The van der Waals surface area contributed by atoms with E-state index in [0.29, 0.717) is 25.5 Å². The van der Waals surface area contributed by atoms with Crippen LogP contribution < -0.4 is 10.2 Å². The highest BCUT2D eigenvalue weighted by atomic mass is 16.3. The van der Waals surface area contributed by atoms with Gasteiger partial charge in [-0.1, -0.05) is 38.0 Å². The normalized spacial score (nSPS) is 20.0. The van der Waals surface area contributed by atoms with Gasteiger partial charge in [0.2, 0.25) is 6.41 Å². The monoisotopic (exact) mass is 385 g/mol. The minimum Gasteiger partial charge on any atom is -0.387 e. The number of piperazine rings is 1. The fourth-order valence-electron chi connectivity index (χ4n) is 3.04. The molecule has 1 aliphatic heterocycles. The van der Waals surface area contributed by atoms with Gasteiger partial charge in [-0.15, -0.1) is 0 Å². The fourth-order valence-corrected chi connectivity index (χ4v) is 3.04. The van der Waals surface area contributed by atoms with Gasteiger partial charge in [0.15, 0.2) is 0 Å². The number of hydrogen-bond acceptors (Lipinski definition) is 6. The minimum absolute atomic E-state index is 0.408. The number of carbonyl (C=O) groups is 1. The molecule has 1 unspecified atom stereocenters. The van der Waals surface area contributed by atoms with Gasteiger partial charge in [0.1, 0.15) is 18.0 Å². The molecule has 0 aromatic carbocycles. The Kier molecular flexibility index (Phi) is 7.42. The molecule has 1 saturated heterocycles. The number of hydrogen-bond donors (Lipinski definition) is 2. The van der Waals surface area contributed by atoms with Crippen LogP contribution >= 0.6 is 0 Å². The highest BCUT2D eigenvalue weighted by Gasteiger charge is 2.17. The van der Waals surface area contributed by atoms with Crippen molar-refractivity contribution < 1.29 is 9.90 Å². The number of aliphatic hydroxyl groups excluding tert-OH is 1. The maximum Gasteiger partial charge on any atom is 0.209 e. The van der Waals surface area contributed by atoms with Crippen LogP contribution in [0.1, 0.15) is 32.6 Å². The number of anilines is 2. The van der Waals surface area contributed by atoms with E-state index in [2.05, 4.69) is 39.3 Å². The standard InChI is InChI=1S/C17H23N5O2.C4H8/c23-13-21-6-8-22(9-7-21)17-10-16(19-12-20-17)18-11-15(24)14-4-2-1-3-5-14;1-4-2-3-4/h2,4-5,10,12-13,15,24H,1,3,6-9,11H2,(H,18,19,20);4H,2-3H2,1H3. The molecule has 1 saturated carbocycles. The molecule has 2 fully saturated rings. The van der Waals surface area contributed by atoms with E-state index in [4.69, 9.17) is 0 Å². The molecule has 0 radical (unpaired) electrons. The summed E-state index contributed by atoms with van der Waals surface area (Å²) in [5, 5.41) is 13.4. The Balaban J connectivity index is 0.000000500. The summed E-state index contributed by atoms with van der Waals surface area (Å²) in [6, 6.07) is 1.88. The van der Waals surface area contributed by atoms with Crippen LogP contribution in [0.25, 0.3) is 0 Å². The Hall–Kier alpha value is -2.41. The molecule has 0 spiro atoms. The number of carbonyl (C=O) groups excluding carboxylic acids is 1. The zero-order chi connectivity index (χ0) is 19.8. The molecule has 4 rings (SSSR count). The number of amides is 1. The summed E-state index contributed by atoms with van der Waals surface area (Å²) in [5.74, 6) is 2.61. The molecule has 2 N–H and O–H groups in total. The molecule has 28 heavy (non-hydrogen) atoms. The molecular formula is C21H31N5O2. The van der Waals surface area contributed by atoms with Gasteiger partial charge >= 0.3 is 0 Å². The van der Waals surface area contributed by atoms with Crippen LogP contribution in [0.3, 0.4) is 0 Å². The Morgan fingerprint density at radius 1 is 1.25 bits per heavy atom. The summed E-state index contributed by atoms with van der Waals surface area (Å²) in [5.41, 5.74) is 0.952. The molecule has 2 heterocycles. The lowest BCUT2D eigenvalue weighted by atomic mass is 10.0. The van der Waals surface area contributed by atoms with Crippen molar-refractivity contribution in [3.05, 3.63) is 36.2 Å². The Labute approximate surface area is 167 Å². The molecular weight excluding hydrogens is 354 g/mol. The number of allylic oxidation sites excluding steroid dienone is 2. The first kappa shape index (κ1) is 20.3. The van der Waals surface area contributed by atoms with Gasteiger partial charge in [0.25, 0.3) is 0 Å². The van der Waals surface area contributed by atoms with Crippen molar-refractivity contribution in [2.75, 3.05) is 42.9 Å². The van der Waals surface area contributed by atoms with E-state index in [1.165, 1.54) is 19.2 Å². The zero-order valence-corrected chi connectivity index (χ0v) is 16.6. The van der Waals surface area contributed by atoms with Crippen molar-refractivity contribution in [3.8, 4) is 0 Å². The maximum atomic E-state index is 10.8. The first-order chi connectivity index (χ1) is 13.7. The van der Waals surface area contributed by atoms with Gasteiger partial charge in [-0.3, -0.25) is 4.79 Å². The molecule has 3 aliphatic rings. The highest BCUT2D eigenvalue weighted by molar-refractivity contribution is 5.51. The summed E-state index contributed by atoms with van der Waals surface area (Å²) in [7, 11) is 0. The van der Waals surface area contributed by atoms with E-state index in [9.17, 15) is 9.90 Å². The molecule has 2 aliphatic carbocycles. The van der Waals surface area contributed by atoms with Crippen LogP contribution in [-0.4, -0.2) is 65.2 Å². The van der Waals surface area contributed by atoms with E-state index < -0.39 is 6.10 Å². The second-order valence-corrected chi connectivity index (χ2v) is 7.65. The number of nitrogens with one attached hydrogen (secondary N) is 1. The largest absolute Gasteiger partial charge is 0.387 e. The van der Waals surface area contributed by atoms with Crippen LogP contribution in [0.2, 0.25) is 0 Å². The van der Waals surface area contributed by atoms with Gasteiger partial charge in [0.05, 0.1) is 6.10 Å². The van der Waals surface area contributed by atoms with Crippen molar-refractivity contribution in [2.45, 2.75) is 38.7 Å². The van der Waals surface area contributed by atoms with E-state index in [1.807, 2.05) is 12.1 Å². The summed E-state index contributed by atoms with van der Waals surface area (Å²) in [4.78, 5) is 23.2. The number of rotatable bonds is 6. The van der Waals surface area contributed by atoms with E-state index >= 15 is 0 Å². The third-order valence-corrected chi connectivity index (χ3v) is 5.19. The summed E-state index contributed by atoms with van der Waals surface area (Å²) in [6.07, 6.45) is 13.0. The van der Waals surface area contributed by atoms with Gasteiger partial charge in [-0.05, 0) is 24.3 Å². The zero-order valence-electron chi connectivity index (χ0n) is 16.6. The Bertz CT molecular complexity index is 694. The van der Waals surface area contributed by atoms with Crippen molar-refractivity contribution in [1.29, 1.82) is 0 Å². The van der Waals surface area contributed by atoms with Gasteiger partial charge in [-0.25, -0.2) is 9.97 Å². The minimum atomic E-state index is -0.545. The molecule has 1 atom stereocenters. The van der Waals surface area contributed by atoms with Crippen molar-refractivity contribution in [3.63, 3.8) is 0 Å². The van der Waals surface area contributed by atoms with Crippen molar-refractivity contribution in [1.82, 2.24) is 14.9 Å². The molecule has 0 bridgehead atoms. The van der Waals surface area contributed by atoms with Crippen LogP contribution in [0.4, 0.5) is 11.6 Å². The van der Waals surface area contributed by atoms with E-state index in [0.717, 1.165) is 49.7 Å². The molecule has 1 aromatic rings. The summed E-state index contributed by atoms with van der Waals surface area (Å²) < 4.78 is 0. The van der Waals surface area contributed by atoms with Crippen LogP contribution in [0.15, 0.2) is 36.2 Å². The van der Waals surface area contributed by atoms with Crippen LogP contribution in [-0.2, 0) is 4.79 Å². The van der Waals surface area contributed by atoms with Crippen molar-refractivity contribution >= 4 is 18.0 Å². The molecule has 1 aromatic heterocycles. The second-order valence-electron chi connectivity index (χ2n) is 7.65. The first-order valence-corrected chi connectivity index (χ1v) is 10.2.